The van der Waals surface area contributed by atoms with Gasteiger partial charge in [-0.25, -0.2) is 4.98 Å². The largest absolute Gasteiger partial charge is 0.466 e. The molecule has 9 nitrogen and oxygen atoms in total. The third kappa shape index (κ3) is 6.77. The van der Waals surface area contributed by atoms with Gasteiger partial charge in [-0.05, 0) is 63.1 Å². The number of likely N-dealkylation sites (tertiary alicyclic amines) is 1. The quantitative estimate of drug-likeness (QED) is 0.546. The SMILES string of the molecule is CCOC(=O)C1CCN(C(=O)CCC(=O)Nc2ccc3nc(N4CCN(CC)CC4)cc(C)c3c2)CC1. The highest BCUT2D eigenvalue weighted by Crippen LogP contribution is 2.26. The molecule has 200 valence electrons. The minimum atomic E-state index is -0.190. The van der Waals surface area contributed by atoms with Crippen molar-refractivity contribution in [2.24, 2.45) is 5.92 Å². The number of hydrogen-bond acceptors (Lipinski definition) is 7. The van der Waals surface area contributed by atoms with Crippen LogP contribution < -0.4 is 10.2 Å². The Balaban J connectivity index is 1.28. The second kappa shape index (κ2) is 12.4. The number of benzene rings is 1. The highest BCUT2D eigenvalue weighted by atomic mass is 16.5. The molecule has 0 atom stereocenters. The molecule has 2 saturated heterocycles. The molecule has 2 aliphatic heterocycles. The number of likely N-dealkylation sites (N-methyl/N-ethyl adjacent to an activating group) is 1. The number of anilines is 2. The topological polar surface area (TPSA) is 95.1 Å². The number of aromatic nitrogens is 1. The molecule has 1 aromatic heterocycles. The number of pyridine rings is 1. The van der Waals surface area contributed by atoms with Crippen molar-refractivity contribution in [1.29, 1.82) is 0 Å². The third-order valence-electron chi connectivity index (χ3n) is 7.46. The molecule has 9 heteroatoms. The maximum Gasteiger partial charge on any atom is 0.309 e. The van der Waals surface area contributed by atoms with Gasteiger partial charge < -0.3 is 24.8 Å². The number of rotatable bonds is 8. The Morgan fingerprint density at radius 3 is 2.41 bits per heavy atom. The van der Waals surface area contributed by atoms with E-state index in [2.05, 4.69) is 35.0 Å². The first kappa shape index (κ1) is 26.9. The minimum absolute atomic E-state index is 0.0525. The lowest BCUT2D eigenvalue weighted by atomic mass is 9.96. The summed E-state index contributed by atoms with van der Waals surface area (Å²) >= 11 is 0. The molecule has 2 amide bonds. The van der Waals surface area contributed by atoms with Crippen LogP contribution in [0.15, 0.2) is 24.3 Å². The average molecular weight is 510 g/mol. The van der Waals surface area contributed by atoms with E-state index in [1.165, 1.54) is 0 Å². The summed E-state index contributed by atoms with van der Waals surface area (Å²) < 4.78 is 5.08. The van der Waals surface area contributed by atoms with Crippen molar-refractivity contribution in [2.75, 3.05) is 62.6 Å². The van der Waals surface area contributed by atoms with E-state index in [4.69, 9.17) is 9.72 Å². The summed E-state index contributed by atoms with van der Waals surface area (Å²) in [6.07, 6.45) is 1.49. The summed E-state index contributed by atoms with van der Waals surface area (Å²) in [6, 6.07) is 7.89. The zero-order valence-corrected chi connectivity index (χ0v) is 22.3. The predicted octanol–water partition coefficient (Wildman–Crippen LogP) is 3.21. The number of esters is 1. The molecule has 2 aliphatic rings. The van der Waals surface area contributed by atoms with Crippen molar-refractivity contribution in [1.82, 2.24) is 14.8 Å². The lowest BCUT2D eigenvalue weighted by Crippen LogP contribution is -2.46. The van der Waals surface area contributed by atoms with Gasteiger partial charge in [-0.3, -0.25) is 14.4 Å². The van der Waals surface area contributed by atoms with Gasteiger partial charge in [-0.15, -0.1) is 0 Å². The number of nitrogens with zero attached hydrogens (tertiary/aromatic N) is 4. The molecule has 37 heavy (non-hydrogen) atoms. The molecule has 0 saturated carbocycles. The van der Waals surface area contributed by atoms with Crippen molar-refractivity contribution >= 4 is 40.2 Å². The Hall–Kier alpha value is -3.20. The van der Waals surface area contributed by atoms with Crippen LogP contribution in [0, 0.1) is 12.8 Å². The van der Waals surface area contributed by atoms with Gasteiger partial charge in [0.25, 0.3) is 0 Å². The van der Waals surface area contributed by atoms with Crippen LogP contribution in [-0.2, 0) is 19.1 Å². The summed E-state index contributed by atoms with van der Waals surface area (Å²) in [5.74, 6) is 0.442. The number of aryl methyl sites for hydroxylation is 1. The van der Waals surface area contributed by atoms with Crippen molar-refractivity contribution in [2.45, 2.75) is 46.5 Å². The number of fused-ring (bicyclic) bond motifs is 1. The van der Waals surface area contributed by atoms with Crippen LogP contribution in [0.4, 0.5) is 11.5 Å². The van der Waals surface area contributed by atoms with Crippen LogP contribution in [0.1, 0.15) is 45.1 Å². The van der Waals surface area contributed by atoms with Gasteiger partial charge in [0.15, 0.2) is 0 Å². The van der Waals surface area contributed by atoms with E-state index >= 15 is 0 Å². The van der Waals surface area contributed by atoms with Gasteiger partial charge in [0, 0.05) is 63.2 Å². The molecule has 3 heterocycles. The molecule has 4 rings (SSSR count). The second-order valence-electron chi connectivity index (χ2n) is 9.91. The number of nitrogens with one attached hydrogen (secondary N) is 1. The van der Waals surface area contributed by atoms with Gasteiger partial charge in [0.1, 0.15) is 5.82 Å². The van der Waals surface area contributed by atoms with Crippen LogP contribution in [0.3, 0.4) is 0 Å². The Bertz CT molecular complexity index is 1120. The van der Waals surface area contributed by atoms with E-state index in [1.54, 1.807) is 11.8 Å². The van der Waals surface area contributed by atoms with Crippen LogP contribution in [0.5, 0.6) is 0 Å². The average Bonchev–Trinajstić information content (AvgIpc) is 2.92. The van der Waals surface area contributed by atoms with Crippen molar-refractivity contribution in [3.05, 3.63) is 29.8 Å². The fourth-order valence-electron chi connectivity index (χ4n) is 5.14. The first-order valence-corrected chi connectivity index (χ1v) is 13.5. The summed E-state index contributed by atoms with van der Waals surface area (Å²) in [5.41, 5.74) is 2.73. The molecule has 2 fully saturated rings. The molecule has 1 aromatic carbocycles. The van der Waals surface area contributed by atoms with Gasteiger partial charge >= 0.3 is 5.97 Å². The van der Waals surface area contributed by atoms with E-state index in [-0.39, 0.29) is 36.5 Å². The number of ether oxygens (including phenoxy) is 1. The molecular weight excluding hydrogens is 470 g/mol. The number of carbonyl (C=O) groups excluding carboxylic acids is 3. The molecule has 0 unspecified atom stereocenters. The number of piperidine rings is 1. The van der Waals surface area contributed by atoms with Gasteiger partial charge in [-0.2, -0.15) is 0 Å². The summed E-state index contributed by atoms with van der Waals surface area (Å²) in [6.45, 7) is 12.6. The van der Waals surface area contributed by atoms with E-state index in [9.17, 15) is 14.4 Å². The molecule has 1 N–H and O–H groups in total. The monoisotopic (exact) mass is 509 g/mol. The fourth-order valence-corrected chi connectivity index (χ4v) is 5.14. The smallest absolute Gasteiger partial charge is 0.309 e. The first-order chi connectivity index (χ1) is 17.9. The predicted molar refractivity (Wildman–Crippen MR) is 145 cm³/mol. The van der Waals surface area contributed by atoms with E-state index in [0.717, 1.165) is 55.0 Å². The van der Waals surface area contributed by atoms with Gasteiger partial charge in [0.2, 0.25) is 11.8 Å². The molecular formula is C28H39N5O4. The van der Waals surface area contributed by atoms with Crippen molar-refractivity contribution < 1.29 is 19.1 Å². The molecule has 0 bridgehead atoms. The van der Waals surface area contributed by atoms with E-state index in [1.807, 2.05) is 18.2 Å². The van der Waals surface area contributed by atoms with Crippen LogP contribution in [0.25, 0.3) is 10.9 Å². The van der Waals surface area contributed by atoms with Gasteiger partial charge in [0.05, 0.1) is 18.0 Å². The zero-order chi connectivity index (χ0) is 26.4. The molecule has 0 spiro atoms. The number of carbonyl (C=O) groups is 3. The maximum atomic E-state index is 12.6. The fraction of sp³-hybridized carbons (Fsp3) is 0.571. The Labute approximate surface area is 219 Å². The Kier molecular flexibility index (Phi) is 8.97. The number of piperazine rings is 1. The first-order valence-electron chi connectivity index (χ1n) is 13.5. The normalized spacial score (nSPS) is 17.2. The number of amides is 2. The van der Waals surface area contributed by atoms with E-state index < -0.39 is 0 Å². The minimum Gasteiger partial charge on any atom is -0.466 e. The Morgan fingerprint density at radius 2 is 1.73 bits per heavy atom. The zero-order valence-electron chi connectivity index (χ0n) is 22.3. The van der Waals surface area contributed by atoms with Crippen LogP contribution in [-0.4, -0.2) is 85.0 Å². The highest BCUT2D eigenvalue weighted by Gasteiger charge is 2.28. The molecule has 0 radical (unpaired) electrons. The van der Waals surface area contributed by atoms with Crippen LogP contribution >= 0.6 is 0 Å². The highest BCUT2D eigenvalue weighted by molar-refractivity contribution is 5.96. The lowest BCUT2D eigenvalue weighted by Gasteiger charge is -2.35. The standard InChI is InChI=1S/C28H39N5O4/c1-4-31-14-16-32(17-15-31)25-18-20(3)23-19-22(6-7-24(23)30-25)29-26(34)8-9-27(35)33-12-10-21(11-13-33)28(36)37-5-2/h6-7,18-19,21H,4-5,8-17H2,1-3H3,(H,29,34). The second-order valence-corrected chi connectivity index (χ2v) is 9.91. The van der Waals surface area contributed by atoms with Crippen molar-refractivity contribution in [3.63, 3.8) is 0 Å². The van der Waals surface area contributed by atoms with Crippen LogP contribution in [0.2, 0.25) is 0 Å². The summed E-state index contributed by atoms with van der Waals surface area (Å²) in [5, 5.41) is 3.94. The molecule has 2 aromatic rings. The number of hydrogen-bond donors (Lipinski definition) is 1. The third-order valence-corrected chi connectivity index (χ3v) is 7.46. The molecule has 0 aliphatic carbocycles. The van der Waals surface area contributed by atoms with Gasteiger partial charge in [-0.1, -0.05) is 6.92 Å². The van der Waals surface area contributed by atoms with E-state index in [0.29, 0.717) is 38.2 Å². The Morgan fingerprint density at radius 1 is 1.00 bits per heavy atom. The summed E-state index contributed by atoms with van der Waals surface area (Å²) in [4.78, 5) is 48.5. The van der Waals surface area contributed by atoms with Crippen molar-refractivity contribution in [3.8, 4) is 0 Å². The maximum absolute atomic E-state index is 12.6. The summed E-state index contributed by atoms with van der Waals surface area (Å²) in [7, 11) is 0. The lowest BCUT2D eigenvalue weighted by molar-refractivity contribution is -0.151.